The normalized spacial score (nSPS) is 12.4. The summed E-state index contributed by atoms with van der Waals surface area (Å²) in [6.07, 6.45) is 0.739. The van der Waals surface area contributed by atoms with Gasteiger partial charge in [-0.3, -0.25) is 0 Å². The molecule has 0 aliphatic heterocycles. The van der Waals surface area contributed by atoms with Gasteiger partial charge in [0, 0.05) is 29.7 Å². The number of hydrogen-bond donors (Lipinski definition) is 0. The van der Waals surface area contributed by atoms with Gasteiger partial charge < -0.3 is 0 Å². The molecule has 0 saturated heterocycles. The fourth-order valence-corrected chi connectivity index (χ4v) is 2.10. The molecular weight excluding hydrogens is 209 g/mol. The molecule has 6 heteroatoms. The standard InChI is InChI=1S/C5H11Cl2NO2S/c1-2-4-8(5-3-6)11(7,9)10/h2-5H2,1H3. The molecule has 0 fully saturated rings. The fourth-order valence-electron chi connectivity index (χ4n) is 0.674. The summed E-state index contributed by atoms with van der Waals surface area (Å²) in [6, 6.07) is 0. The molecule has 0 N–H and O–H groups in total. The molecule has 0 bridgehead atoms. The van der Waals surface area contributed by atoms with E-state index in [4.69, 9.17) is 22.3 Å². The molecular formula is C5H11Cl2NO2S. The van der Waals surface area contributed by atoms with E-state index < -0.39 is 9.24 Å². The van der Waals surface area contributed by atoms with Crippen LogP contribution in [0, 0.1) is 0 Å². The minimum Gasteiger partial charge on any atom is -0.195 e. The fraction of sp³-hybridized carbons (Fsp3) is 1.00. The third-order valence-corrected chi connectivity index (χ3v) is 2.85. The van der Waals surface area contributed by atoms with Crippen LogP contribution >= 0.6 is 22.3 Å². The number of alkyl halides is 1. The van der Waals surface area contributed by atoms with Crippen molar-refractivity contribution >= 4 is 31.5 Å². The minimum atomic E-state index is -3.57. The van der Waals surface area contributed by atoms with Gasteiger partial charge in [-0.2, -0.15) is 12.7 Å². The van der Waals surface area contributed by atoms with E-state index in [1.165, 1.54) is 0 Å². The maximum Gasteiger partial charge on any atom is 0.299 e. The molecule has 0 rings (SSSR count). The maximum atomic E-state index is 10.7. The first-order valence-electron chi connectivity index (χ1n) is 3.28. The van der Waals surface area contributed by atoms with Gasteiger partial charge in [-0.15, -0.1) is 11.6 Å². The van der Waals surface area contributed by atoms with Crippen molar-refractivity contribution in [1.29, 1.82) is 0 Å². The second-order valence-corrected chi connectivity index (χ2v) is 4.92. The van der Waals surface area contributed by atoms with Crippen LogP contribution in [-0.4, -0.2) is 31.7 Å². The first-order valence-corrected chi connectivity index (χ1v) is 6.08. The molecule has 0 radical (unpaired) electrons. The summed E-state index contributed by atoms with van der Waals surface area (Å²) in [5, 5.41) is 0. The van der Waals surface area contributed by atoms with Gasteiger partial charge in [-0.1, -0.05) is 6.92 Å². The summed E-state index contributed by atoms with van der Waals surface area (Å²) in [4.78, 5) is 0. The van der Waals surface area contributed by atoms with Crippen LogP contribution in [0.5, 0.6) is 0 Å². The van der Waals surface area contributed by atoms with Crippen molar-refractivity contribution in [3.05, 3.63) is 0 Å². The minimum absolute atomic E-state index is 0.270. The molecule has 0 heterocycles. The number of nitrogens with zero attached hydrogens (tertiary/aromatic N) is 1. The molecule has 0 aliphatic rings. The molecule has 0 amide bonds. The lowest BCUT2D eigenvalue weighted by Gasteiger charge is -2.14. The van der Waals surface area contributed by atoms with Crippen molar-refractivity contribution in [3.8, 4) is 0 Å². The summed E-state index contributed by atoms with van der Waals surface area (Å²) in [5.41, 5.74) is 0. The predicted molar refractivity (Wildman–Crippen MR) is 47.4 cm³/mol. The van der Waals surface area contributed by atoms with Gasteiger partial charge in [-0.25, -0.2) is 0 Å². The van der Waals surface area contributed by atoms with E-state index in [2.05, 4.69) is 0 Å². The summed E-state index contributed by atoms with van der Waals surface area (Å²) in [5.74, 6) is 0.270. The van der Waals surface area contributed by atoms with Gasteiger partial charge in [0.25, 0.3) is 9.24 Å². The molecule has 0 unspecified atom stereocenters. The van der Waals surface area contributed by atoms with Gasteiger partial charge >= 0.3 is 0 Å². The van der Waals surface area contributed by atoms with Gasteiger partial charge in [0.15, 0.2) is 0 Å². The monoisotopic (exact) mass is 219 g/mol. The summed E-state index contributed by atoms with van der Waals surface area (Å²) in [6.45, 7) is 2.59. The van der Waals surface area contributed by atoms with Gasteiger partial charge in [0.2, 0.25) is 0 Å². The lowest BCUT2D eigenvalue weighted by Crippen LogP contribution is -2.29. The Kier molecular flexibility index (Phi) is 5.42. The highest BCUT2D eigenvalue weighted by Crippen LogP contribution is 2.06. The smallest absolute Gasteiger partial charge is 0.195 e. The van der Waals surface area contributed by atoms with E-state index in [9.17, 15) is 8.42 Å². The van der Waals surface area contributed by atoms with E-state index in [0.717, 1.165) is 10.7 Å². The maximum absolute atomic E-state index is 10.7. The Morgan fingerprint density at radius 3 is 2.18 bits per heavy atom. The molecule has 0 aromatic carbocycles. The average molecular weight is 220 g/mol. The molecule has 0 spiro atoms. The van der Waals surface area contributed by atoms with E-state index in [-0.39, 0.29) is 12.4 Å². The van der Waals surface area contributed by atoms with E-state index in [0.29, 0.717) is 6.54 Å². The highest BCUT2D eigenvalue weighted by Gasteiger charge is 2.16. The average Bonchev–Trinajstić information content (AvgIpc) is 1.85. The summed E-state index contributed by atoms with van der Waals surface area (Å²) >= 11 is 5.37. The van der Waals surface area contributed by atoms with Crippen LogP contribution in [0.3, 0.4) is 0 Å². The summed E-state index contributed by atoms with van der Waals surface area (Å²) < 4.78 is 22.6. The van der Waals surface area contributed by atoms with Crippen molar-refractivity contribution < 1.29 is 8.42 Å². The Labute approximate surface area is 76.8 Å². The molecule has 0 saturated carbocycles. The Morgan fingerprint density at radius 2 is 1.91 bits per heavy atom. The first kappa shape index (κ1) is 11.5. The number of hydrogen-bond acceptors (Lipinski definition) is 2. The van der Waals surface area contributed by atoms with Gasteiger partial charge in [0.05, 0.1) is 0 Å². The third kappa shape index (κ3) is 4.85. The lowest BCUT2D eigenvalue weighted by atomic mass is 10.5. The zero-order chi connectivity index (χ0) is 8.91. The number of halogens is 2. The van der Waals surface area contributed by atoms with E-state index >= 15 is 0 Å². The van der Waals surface area contributed by atoms with E-state index in [1.807, 2.05) is 6.92 Å². The van der Waals surface area contributed by atoms with Crippen LogP contribution in [-0.2, 0) is 9.24 Å². The Bertz CT molecular complexity index is 187. The zero-order valence-electron chi connectivity index (χ0n) is 6.26. The Balaban J connectivity index is 4.11. The van der Waals surface area contributed by atoms with Gasteiger partial charge in [-0.05, 0) is 6.42 Å². The second-order valence-electron chi connectivity index (χ2n) is 2.03. The van der Waals surface area contributed by atoms with Crippen molar-refractivity contribution in [1.82, 2.24) is 4.31 Å². The Morgan fingerprint density at radius 1 is 1.36 bits per heavy atom. The summed E-state index contributed by atoms with van der Waals surface area (Å²) in [7, 11) is 1.53. The zero-order valence-corrected chi connectivity index (χ0v) is 8.58. The topological polar surface area (TPSA) is 37.4 Å². The SMILES string of the molecule is CCCN(CCCl)S(=O)(=O)Cl. The quantitative estimate of drug-likeness (QED) is 0.519. The van der Waals surface area contributed by atoms with Crippen LogP contribution < -0.4 is 0 Å². The highest BCUT2D eigenvalue weighted by atomic mass is 35.7. The number of rotatable bonds is 5. The van der Waals surface area contributed by atoms with E-state index in [1.54, 1.807) is 0 Å². The molecule has 0 atom stereocenters. The molecule has 11 heavy (non-hydrogen) atoms. The van der Waals surface area contributed by atoms with Crippen LogP contribution in [0.25, 0.3) is 0 Å². The molecule has 0 aliphatic carbocycles. The lowest BCUT2D eigenvalue weighted by molar-refractivity contribution is 0.440. The van der Waals surface area contributed by atoms with Crippen LogP contribution in [0.2, 0.25) is 0 Å². The van der Waals surface area contributed by atoms with Crippen molar-refractivity contribution in [2.24, 2.45) is 0 Å². The van der Waals surface area contributed by atoms with Crippen molar-refractivity contribution in [3.63, 3.8) is 0 Å². The Hall–Kier alpha value is 0.490. The van der Waals surface area contributed by atoms with Crippen LogP contribution in [0.1, 0.15) is 13.3 Å². The second kappa shape index (κ2) is 5.19. The first-order chi connectivity index (χ1) is 5.02. The third-order valence-electron chi connectivity index (χ3n) is 1.12. The van der Waals surface area contributed by atoms with Crippen LogP contribution in [0.15, 0.2) is 0 Å². The molecule has 68 valence electrons. The van der Waals surface area contributed by atoms with Gasteiger partial charge in [0.1, 0.15) is 0 Å². The molecule has 0 aromatic rings. The van der Waals surface area contributed by atoms with Crippen LogP contribution in [0.4, 0.5) is 0 Å². The largest absolute Gasteiger partial charge is 0.299 e. The highest BCUT2D eigenvalue weighted by molar-refractivity contribution is 8.11. The van der Waals surface area contributed by atoms with Crippen molar-refractivity contribution in [2.45, 2.75) is 13.3 Å². The van der Waals surface area contributed by atoms with Crippen molar-refractivity contribution in [2.75, 3.05) is 19.0 Å². The molecule has 3 nitrogen and oxygen atoms in total. The predicted octanol–water partition coefficient (Wildman–Crippen LogP) is 1.42. The molecule has 0 aromatic heterocycles.